The fourth-order valence-electron chi connectivity index (χ4n) is 3.31. The number of pyridine rings is 1. The molecule has 1 saturated carbocycles. The minimum Gasteiger partial charge on any atom is -0.467 e. The maximum absolute atomic E-state index is 6.30. The molecule has 4 nitrogen and oxygen atoms in total. The van der Waals surface area contributed by atoms with Crippen LogP contribution in [0, 0.1) is 0 Å². The van der Waals surface area contributed by atoms with E-state index in [1.54, 1.807) is 17.6 Å². The first-order chi connectivity index (χ1) is 11.6. The van der Waals surface area contributed by atoms with Crippen molar-refractivity contribution in [3.05, 3.63) is 44.7 Å². The molecule has 3 N–H and O–H groups in total. The van der Waals surface area contributed by atoms with Gasteiger partial charge in [0, 0.05) is 22.9 Å². The van der Waals surface area contributed by atoms with Crippen molar-refractivity contribution in [2.75, 3.05) is 5.32 Å². The number of nitrogens with zero attached hydrogens (tertiary/aromatic N) is 1. The Morgan fingerprint density at radius 1 is 1.46 bits per heavy atom. The first kappa shape index (κ1) is 16.4. The Kier molecular flexibility index (Phi) is 4.56. The van der Waals surface area contributed by atoms with Crippen LogP contribution in [0.1, 0.15) is 35.8 Å². The third-order valence-corrected chi connectivity index (χ3v) is 7.12. The lowest BCUT2D eigenvalue weighted by molar-refractivity contribution is 0.518. The van der Waals surface area contributed by atoms with E-state index in [-0.39, 0.29) is 6.04 Å². The Balaban J connectivity index is 1.73. The highest BCUT2D eigenvalue weighted by atomic mass is 79.9. The molecule has 1 aliphatic rings. The van der Waals surface area contributed by atoms with Crippen molar-refractivity contribution in [2.24, 2.45) is 5.73 Å². The second-order valence-corrected chi connectivity index (χ2v) is 8.32. The second kappa shape index (κ2) is 6.67. The van der Waals surface area contributed by atoms with Gasteiger partial charge in [-0.15, -0.1) is 11.3 Å². The summed E-state index contributed by atoms with van der Waals surface area (Å²) in [6.07, 6.45) is 5.08. The summed E-state index contributed by atoms with van der Waals surface area (Å²) in [7, 11) is 0. The molecular weight excluding hydrogens is 410 g/mol. The lowest BCUT2D eigenvalue weighted by Gasteiger charge is -2.13. The topological polar surface area (TPSA) is 64.1 Å². The maximum Gasteiger partial charge on any atom is 0.131 e. The zero-order chi connectivity index (χ0) is 16.7. The molecule has 7 heteroatoms. The van der Waals surface area contributed by atoms with E-state index in [1.165, 1.54) is 11.3 Å². The highest BCUT2D eigenvalue weighted by Gasteiger charge is 2.30. The number of rotatable bonds is 4. The van der Waals surface area contributed by atoms with Crippen molar-refractivity contribution in [3.63, 3.8) is 0 Å². The molecule has 0 aliphatic heterocycles. The van der Waals surface area contributed by atoms with Crippen LogP contribution in [0.2, 0.25) is 5.15 Å². The molecule has 2 atom stereocenters. The smallest absolute Gasteiger partial charge is 0.131 e. The van der Waals surface area contributed by atoms with Gasteiger partial charge in [-0.3, -0.25) is 0 Å². The third kappa shape index (κ3) is 2.96. The van der Waals surface area contributed by atoms with Crippen LogP contribution in [-0.4, -0.2) is 11.0 Å². The molecule has 1 fully saturated rings. The highest BCUT2D eigenvalue weighted by molar-refractivity contribution is 9.10. The standard InChI is InChI=1S/C17H17BrClN3OS/c18-14-15-17(24-16(14)10-4-1-5-11(10)20)12(7-13(19)22-15)21-8-9-3-2-6-23-9/h2-3,6-7,10-11H,1,4-5,8,20H2,(H,21,22)/t10-,11-/m1/s1. The van der Waals surface area contributed by atoms with Gasteiger partial charge in [0.25, 0.3) is 0 Å². The molecular formula is C17H17BrClN3OS. The molecule has 0 bridgehead atoms. The van der Waals surface area contributed by atoms with Crippen molar-refractivity contribution >= 4 is 54.8 Å². The molecule has 0 unspecified atom stereocenters. The number of thiophene rings is 1. The molecule has 0 radical (unpaired) electrons. The molecule has 126 valence electrons. The zero-order valence-electron chi connectivity index (χ0n) is 12.9. The van der Waals surface area contributed by atoms with E-state index >= 15 is 0 Å². The van der Waals surface area contributed by atoms with Crippen LogP contribution in [0.3, 0.4) is 0 Å². The average molecular weight is 427 g/mol. The summed E-state index contributed by atoms with van der Waals surface area (Å²) >= 11 is 11.7. The lowest BCUT2D eigenvalue weighted by Crippen LogP contribution is -2.22. The predicted octanol–water partition coefficient (Wildman–Crippen LogP) is 5.51. The Morgan fingerprint density at radius 2 is 2.33 bits per heavy atom. The van der Waals surface area contributed by atoms with Gasteiger partial charge in [0.05, 0.1) is 33.2 Å². The molecule has 3 aromatic heterocycles. The number of hydrogen-bond acceptors (Lipinski definition) is 5. The van der Waals surface area contributed by atoms with Crippen LogP contribution < -0.4 is 11.1 Å². The van der Waals surface area contributed by atoms with Crippen LogP contribution in [0.15, 0.2) is 33.4 Å². The van der Waals surface area contributed by atoms with Gasteiger partial charge >= 0.3 is 0 Å². The normalized spacial score (nSPS) is 20.8. The van der Waals surface area contributed by atoms with E-state index in [0.29, 0.717) is 17.6 Å². The minimum atomic E-state index is 0.226. The van der Waals surface area contributed by atoms with Crippen LogP contribution in [-0.2, 0) is 6.54 Å². The van der Waals surface area contributed by atoms with Crippen molar-refractivity contribution in [1.82, 2.24) is 4.98 Å². The van der Waals surface area contributed by atoms with Crippen molar-refractivity contribution in [1.29, 1.82) is 0 Å². The predicted molar refractivity (Wildman–Crippen MR) is 103 cm³/mol. The van der Waals surface area contributed by atoms with Crippen LogP contribution in [0.5, 0.6) is 0 Å². The van der Waals surface area contributed by atoms with E-state index < -0.39 is 0 Å². The summed E-state index contributed by atoms with van der Waals surface area (Å²) in [5.41, 5.74) is 8.19. The third-order valence-electron chi connectivity index (χ3n) is 4.52. The number of hydrogen-bond donors (Lipinski definition) is 2. The van der Waals surface area contributed by atoms with Gasteiger partial charge in [-0.2, -0.15) is 0 Å². The number of nitrogens with two attached hydrogens (primary N) is 1. The van der Waals surface area contributed by atoms with Gasteiger partial charge in [0.1, 0.15) is 10.9 Å². The number of aromatic nitrogens is 1. The number of halogens is 2. The maximum atomic E-state index is 6.30. The summed E-state index contributed by atoms with van der Waals surface area (Å²) in [6, 6.07) is 5.92. The van der Waals surface area contributed by atoms with Gasteiger partial charge in [0.15, 0.2) is 0 Å². The number of fused-ring (bicyclic) bond motifs is 1. The summed E-state index contributed by atoms with van der Waals surface area (Å²) in [5.74, 6) is 1.28. The molecule has 4 rings (SSSR count). The van der Waals surface area contributed by atoms with E-state index in [1.807, 2.05) is 18.2 Å². The molecule has 3 heterocycles. The summed E-state index contributed by atoms with van der Waals surface area (Å²) in [5, 5.41) is 3.89. The Bertz CT molecular complexity index is 864. The summed E-state index contributed by atoms with van der Waals surface area (Å²) in [6.45, 7) is 0.607. The number of anilines is 1. The molecule has 1 aliphatic carbocycles. The number of nitrogens with one attached hydrogen (secondary N) is 1. The van der Waals surface area contributed by atoms with Gasteiger partial charge in [0.2, 0.25) is 0 Å². The number of furan rings is 1. The quantitative estimate of drug-likeness (QED) is 0.540. The highest BCUT2D eigenvalue weighted by Crippen LogP contribution is 2.47. The van der Waals surface area contributed by atoms with E-state index in [9.17, 15) is 0 Å². The van der Waals surface area contributed by atoms with Gasteiger partial charge in [-0.05, 0) is 40.9 Å². The fraction of sp³-hybridized carbons (Fsp3) is 0.353. The second-order valence-electron chi connectivity index (χ2n) is 6.08. The van der Waals surface area contributed by atoms with Crippen LogP contribution in [0.4, 0.5) is 5.69 Å². The van der Waals surface area contributed by atoms with Crippen LogP contribution >= 0.6 is 38.9 Å². The SMILES string of the molecule is N[C@@H]1CCC[C@H]1c1sc2c(NCc3ccco3)cc(Cl)nc2c1Br. The molecule has 3 aromatic rings. The van der Waals surface area contributed by atoms with Gasteiger partial charge < -0.3 is 15.5 Å². The molecule has 0 spiro atoms. The monoisotopic (exact) mass is 425 g/mol. The lowest BCUT2D eigenvalue weighted by atomic mass is 10.0. The van der Waals surface area contributed by atoms with Gasteiger partial charge in [-0.1, -0.05) is 18.0 Å². The molecule has 0 amide bonds. The first-order valence-electron chi connectivity index (χ1n) is 7.93. The van der Waals surface area contributed by atoms with E-state index in [4.69, 9.17) is 21.8 Å². The summed E-state index contributed by atoms with van der Waals surface area (Å²) < 4.78 is 7.53. The largest absolute Gasteiger partial charge is 0.467 e. The van der Waals surface area contributed by atoms with Crippen molar-refractivity contribution < 1.29 is 4.42 Å². The Morgan fingerprint density at radius 3 is 3.04 bits per heavy atom. The van der Waals surface area contributed by atoms with E-state index in [0.717, 1.165) is 39.0 Å². The zero-order valence-corrected chi connectivity index (χ0v) is 16.0. The summed E-state index contributed by atoms with van der Waals surface area (Å²) in [4.78, 5) is 5.81. The average Bonchev–Trinajstić information content (AvgIpc) is 3.27. The van der Waals surface area contributed by atoms with Crippen LogP contribution in [0.25, 0.3) is 10.2 Å². The first-order valence-corrected chi connectivity index (χ1v) is 9.92. The molecule has 0 aromatic carbocycles. The van der Waals surface area contributed by atoms with E-state index in [2.05, 4.69) is 26.2 Å². The van der Waals surface area contributed by atoms with Gasteiger partial charge in [-0.25, -0.2) is 4.98 Å². The minimum absolute atomic E-state index is 0.226. The Hall–Kier alpha value is -1.08. The fourth-order valence-corrected chi connectivity index (χ4v) is 5.79. The molecule has 0 saturated heterocycles. The molecule has 24 heavy (non-hydrogen) atoms. The van der Waals surface area contributed by atoms with Crippen molar-refractivity contribution in [2.45, 2.75) is 37.8 Å². The Labute approximate surface area is 157 Å². The van der Waals surface area contributed by atoms with Crippen molar-refractivity contribution in [3.8, 4) is 0 Å².